The molecule has 1 saturated carbocycles. The summed E-state index contributed by atoms with van der Waals surface area (Å²) in [5, 5.41) is 23.2. The summed E-state index contributed by atoms with van der Waals surface area (Å²) in [5.41, 5.74) is 0.939. The first-order valence-corrected chi connectivity index (χ1v) is 9.65. The molecule has 0 spiro atoms. The Hall–Kier alpha value is -3.63. The number of aromatic nitrogens is 5. The van der Waals surface area contributed by atoms with Gasteiger partial charge in [0, 0.05) is 12.7 Å². The maximum Gasteiger partial charge on any atom is 0.356 e. The van der Waals surface area contributed by atoms with Crippen molar-refractivity contribution in [1.29, 1.82) is 0 Å². The number of alkyl halides is 2. The van der Waals surface area contributed by atoms with Gasteiger partial charge in [-0.1, -0.05) is 35.5 Å². The molecular formula is C20H20F2N6O3. The third kappa shape index (κ3) is 4.16. The minimum Gasteiger partial charge on any atom is -0.476 e. The maximum atomic E-state index is 14.2. The lowest BCUT2D eigenvalue weighted by Crippen LogP contribution is -2.33. The summed E-state index contributed by atoms with van der Waals surface area (Å²) in [4.78, 5) is 23.3. The monoisotopic (exact) mass is 430 g/mol. The predicted octanol–water partition coefficient (Wildman–Crippen LogP) is 1.95. The number of nitrogens with one attached hydrogen (secondary N) is 1. The van der Waals surface area contributed by atoms with Crippen LogP contribution in [0.1, 0.15) is 40.6 Å². The largest absolute Gasteiger partial charge is 0.476 e. The molecule has 1 aliphatic carbocycles. The minimum absolute atomic E-state index is 0.0918. The quantitative estimate of drug-likeness (QED) is 0.565. The number of hydrogen-bond acceptors (Lipinski definition) is 5. The number of carbonyl (C=O) groups excluding carboxylic acids is 1. The van der Waals surface area contributed by atoms with Crippen LogP contribution in [0.3, 0.4) is 0 Å². The second-order valence-electron chi connectivity index (χ2n) is 7.48. The van der Waals surface area contributed by atoms with Gasteiger partial charge in [0.15, 0.2) is 5.69 Å². The van der Waals surface area contributed by atoms with Crippen LogP contribution in [0.25, 0.3) is 0 Å². The average molecular weight is 430 g/mol. The Kier molecular flexibility index (Phi) is 5.25. The molecule has 0 radical (unpaired) electrons. The van der Waals surface area contributed by atoms with E-state index in [1.54, 1.807) is 37.3 Å². The number of carboxylic acids is 1. The molecule has 3 aromatic rings. The van der Waals surface area contributed by atoms with E-state index in [1.165, 1.54) is 27.8 Å². The van der Waals surface area contributed by atoms with Gasteiger partial charge in [0.2, 0.25) is 5.91 Å². The fraction of sp³-hybridized carbons (Fsp3) is 0.350. The SMILES string of the molecule is C[C@@H](C(=O)NC[C@@H]1[C@@H](c2ccccc2)C1(F)F)n1cc(Cn2ccc(C(=O)O)n2)nn1. The number of benzene rings is 1. The molecule has 1 amide bonds. The highest BCUT2D eigenvalue weighted by Gasteiger charge is 2.68. The molecule has 0 bridgehead atoms. The summed E-state index contributed by atoms with van der Waals surface area (Å²) < 4.78 is 31.0. The second kappa shape index (κ2) is 7.89. The zero-order chi connectivity index (χ0) is 22.2. The van der Waals surface area contributed by atoms with Crippen molar-refractivity contribution in [3.05, 3.63) is 65.7 Å². The van der Waals surface area contributed by atoms with Gasteiger partial charge < -0.3 is 10.4 Å². The Morgan fingerprint density at radius 1 is 1.26 bits per heavy atom. The number of aromatic carboxylic acids is 1. The van der Waals surface area contributed by atoms with Crippen LogP contribution >= 0.6 is 0 Å². The standard InChI is InChI=1S/C20H20F2N6O3/c1-12(28-11-14(24-26-28)10-27-8-7-16(25-27)19(30)31)18(29)23-9-15-17(20(15,21)22)13-5-3-2-4-6-13/h2-8,11-12,15,17H,9-10H2,1H3,(H,23,29)(H,30,31)/t12-,15+,17+/m0/s1. The normalized spacial score (nSPS) is 20.2. The van der Waals surface area contributed by atoms with Crippen LogP contribution in [-0.4, -0.2) is 54.2 Å². The Morgan fingerprint density at radius 2 is 2.00 bits per heavy atom. The summed E-state index contributed by atoms with van der Waals surface area (Å²) in [6.45, 7) is 1.63. The van der Waals surface area contributed by atoms with Crippen LogP contribution < -0.4 is 5.32 Å². The Balaban J connectivity index is 1.33. The first kappa shape index (κ1) is 20.6. The third-order valence-corrected chi connectivity index (χ3v) is 5.37. The lowest BCUT2D eigenvalue weighted by molar-refractivity contribution is -0.124. The molecule has 2 aromatic heterocycles. The second-order valence-corrected chi connectivity index (χ2v) is 7.48. The van der Waals surface area contributed by atoms with E-state index in [-0.39, 0.29) is 18.8 Å². The first-order valence-electron chi connectivity index (χ1n) is 9.65. The molecule has 1 aromatic carbocycles. The average Bonchev–Trinajstić information content (AvgIpc) is 3.16. The van der Waals surface area contributed by atoms with Crippen molar-refractivity contribution < 1.29 is 23.5 Å². The van der Waals surface area contributed by atoms with Crippen molar-refractivity contribution in [2.45, 2.75) is 31.4 Å². The van der Waals surface area contributed by atoms with Gasteiger partial charge in [0.25, 0.3) is 5.92 Å². The van der Waals surface area contributed by atoms with Crippen LogP contribution in [0.5, 0.6) is 0 Å². The highest BCUT2D eigenvalue weighted by Crippen LogP contribution is 2.61. The van der Waals surface area contributed by atoms with Crippen molar-refractivity contribution in [1.82, 2.24) is 30.1 Å². The molecule has 0 unspecified atom stereocenters. The molecule has 2 heterocycles. The van der Waals surface area contributed by atoms with E-state index in [9.17, 15) is 18.4 Å². The van der Waals surface area contributed by atoms with Crippen LogP contribution in [0.4, 0.5) is 8.78 Å². The fourth-order valence-electron chi connectivity index (χ4n) is 3.54. The molecule has 31 heavy (non-hydrogen) atoms. The van der Waals surface area contributed by atoms with Crippen LogP contribution in [-0.2, 0) is 11.3 Å². The Morgan fingerprint density at radius 3 is 2.68 bits per heavy atom. The molecule has 0 aliphatic heterocycles. The van der Waals surface area contributed by atoms with E-state index in [0.29, 0.717) is 11.3 Å². The van der Waals surface area contributed by atoms with Gasteiger partial charge in [-0.05, 0) is 18.6 Å². The minimum atomic E-state index is -2.85. The van der Waals surface area contributed by atoms with Gasteiger partial charge in [0.1, 0.15) is 11.7 Å². The van der Waals surface area contributed by atoms with E-state index >= 15 is 0 Å². The maximum absolute atomic E-state index is 14.2. The molecule has 2 N–H and O–H groups in total. The molecule has 1 fully saturated rings. The summed E-state index contributed by atoms with van der Waals surface area (Å²) in [6.07, 6.45) is 3.03. The lowest BCUT2D eigenvalue weighted by atomic mass is 10.1. The van der Waals surface area contributed by atoms with Crippen LogP contribution in [0.2, 0.25) is 0 Å². The molecule has 4 rings (SSSR count). The van der Waals surface area contributed by atoms with Gasteiger partial charge in [-0.25, -0.2) is 18.3 Å². The molecule has 162 valence electrons. The number of hydrogen-bond donors (Lipinski definition) is 2. The van der Waals surface area contributed by atoms with Gasteiger partial charge in [-0.3, -0.25) is 9.48 Å². The van der Waals surface area contributed by atoms with Crippen LogP contribution in [0, 0.1) is 5.92 Å². The van der Waals surface area contributed by atoms with Gasteiger partial charge in [0.05, 0.1) is 24.6 Å². The first-order chi connectivity index (χ1) is 14.8. The highest BCUT2D eigenvalue weighted by molar-refractivity contribution is 5.85. The third-order valence-electron chi connectivity index (χ3n) is 5.37. The number of carbonyl (C=O) groups is 2. The van der Waals surface area contributed by atoms with E-state index in [4.69, 9.17) is 5.11 Å². The Labute approximate surface area is 175 Å². The van der Waals surface area contributed by atoms with Crippen molar-refractivity contribution in [3.63, 3.8) is 0 Å². The van der Waals surface area contributed by atoms with Crippen molar-refractivity contribution in [3.8, 4) is 0 Å². The summed E-state index contributed by atoms with van der Waals surface area (Å²) in [6, 6.07) is 9.14. The smallest absolute Gasteiger partial charge is 0.356 e. The Bertz CT molecular complexity index is 1100. The number of carboxylic acid groups (broad SMARTS) is 1. The van der Waals surface area contributed by atoms with Crippen molar-refractivity contribution in [2.24, 2.45) is 5.92 Å². The highest BCUT2D eigenvalue weighted by atomic mass is 19.3. The number of halogens is 2. The summed E-state index contributed by atoms with van der Waals surface area (Å²) in [5.74, 6) is -6.27. The molecule has 9 nitrogen and oxygen atoms in total. The van der Waals surface area contributed by atoms with E-state index in [2.05, 4.69) is 20.7 Å². The number of amides is 1. The predicted molar refractivity (Wildman–Crippen MR) is 104 cm³/mol. The van der Waals surface area contributed by atoms with E-state index in [1.807, 2.05) is 0 Å². The van der Waals surface area contributed by atoms with Crippen LogP contribution in [0.15, 0.2) is 48.8 Å². The molecular weight excluding hydrogens is 410 g/mol. The van der Waals surface area contributed by atoms with Crippen molar-refractivity contribution in [2.75, 3.05) is 6.54 Å². The van der Waals surface area contributed by atoms with Gasteiger partial charge in [-0.2, -0.15) is 5.10 Å². The van der Waals surface area contributed by atoms with Crippen molar-refractivity contribution >= 4 is 11.9 Å². The summed E-state index contributed by atoms with van der Waals surface area (Å²) >= 11 is 0. The number of rotatable bonds is 8. The topological polar surface area (TPSA) is 115 Å². The summed E-state index contributed by atoms with van der Waals surface area (Å²) in [7, 11) is 0. The van der Waals surface area contributed by atoms with Gasteiger partial charge in [-0.15, -0.1) is 5.10 Å². The molecule has 11 heteroatoms. The molecule has 3 atom stereocenters. The molecule has 1 aliphatic rings. The van der Waals surface area contributed by atoms with Gasteiger partial charge >= 0.3 is 5.97 Å². The number of nitrogens with zero attached hydrogens (tertiary/aromatic N) is 5. The lowest BCUT2D eigenvalue weighted by Gasteiger charge is -2.11. The van der Waals surface area contributed by atoms with E-state index < -0.39 is 35.7 Å². The molecule has 0 saturated heterocycles. The zero-order valence-electron chi connectivity index (χ0n) is 16.5. The zero-order valence-corrected chi connectivity index (χ0v) is 16.5. The van der Waals surface area contributed by atoms with E-state index in [0.717, 1.165) is 0 Å². The fourth-order valence-corrected chi connectivity index (χ4v) is 3.54.